The SMILES string of the molecule is CCOC(=O)c1ccc(Br)c(C2OCCCO2)c1. The summed E-state index contributed by atoms with van der Waals surface area (Å²) >= 11 is 3.44. The van der Waals surface area contributed by atoms with E-state index in [4.69, 9.17) is 14.2 Å². The molecule has 1 fully saturated rings. The summed E-state index contributed by atoms with van der Waals surface area (Å²) in [6, 6.07) is 5.27. The molecule has 1 heterocycles. The second-order valence-electron chi connectivity index (χ2n) is 3.88. The average molecular weight is 315 g/mol. The zero-order chi connectivity index (χ0) is 13.0. The first-order valence-corrected chi connectivity index (χ1v) is 6.71. The van der Waals surface area contributed by atoms with Crippen molar-refractivity contribution in [2.45, 2.75) is 19.6 Å². The van der Waals surface area contributed by atoms with Gasteiger partial charge in [-0.15, -0.1) is 0 Å². The molecule has 1 aromatic carbocycles. The zero-order valence-electron chi connectivity index (χ0n) is 10.1. The highest BCUT2D eigenvalue weighted by Crippen LogP contribution is 2.30. The van der Waals surface area contributed by atoms with E-state index in [1.165, 1.54) is 0 Å². The first-order chi connectivity index (χ1) is 8.72. The Morgan fingerprint density at radius 3 is 2.83 bits per heavy atom. The molecule has 0 N–H and O–H groups in total. The normalized spacial score (nSPS) is 16.6. The minimum atomic E-state index is -0.414. The Morgan fingerprint density at radius 2 is 2.17 bits per heavy atom. The van der Waals surface area contributed by atoms with E-state index in [-0.39, 0.29) is 5.97 Å². The lowest BCUT2D eigenvalue weighted by Gasteiger charge is -2.24. The Kier molecular flexibility index (Phi) is 4.74. The van der Waals surface area contributed by atoms with E-state index in [0.29, 0.717) is 25.4 Å². The van der Waals surface area contributed by atoms with Crippen LogP contribution in [-0.4, -0.2) is 25.8 Å². The van der Waals surface area contributed by atoms with Crippen LogP contribution in [0.3, 0.4) is 0 Å². The van der Waals surface area contributed by atoms with Gasteiger partial charge in [0, 0.05) is 10.0 Å². The van der Waals surface area contributed by atoms with Gasteiger partial charge in [-0.3, -0.25) is 0 Å². The highest BCUT2D eigenvalue weighted by atomic mass is 79.9. The molecule has 0 aliphatic carbocycles. The molecule has 0 unspecified atom stereocenters. The predicted octanol–water partition coefficient (Wildman–Crippen LogP) is 3.06. The van der Waals surface area contributed by atoms with Crippen LogP contribution < -0.4 is 0 Å². The third kappa shape index (κ3) is 3.10. The Labute approximate surface area is 114 Å². The van der Waals surface area contributed by atoms with Crippen LogP contribution in [0.2, 0.25) is 0 Å². The molecule has 98 valence electrons. The van der Waals surface area contributed by atoms with Gasteiger partial charge in [0.15, 0.2) is 6.29 Å². The van der Waals surface area contributed by atoms with Crippen LogP contribution >= 0.6 is 15.9 Å². The van der Waals surface area contributed by atoms with Crippen molar-refractivity contribution in [1.29, 1.82) is 0 Å². The van der Waals surface area contributed by atoms with Crippen LogP contribution in [0.25, 0.3) is 0 Å². The number of esters is 1. The smallest absolute Gasteiger partial charge is 0.338 e. The molecule has 0 spiro atoms. The molecular weight excluding hydrogens is 300 g/mol. The van der Waals surface area contributed by atoms with Gasteiger partial charge in [-0.1, -0.05) is 15.9 Å². The number of halogens is 1. The second-order valence-corrected chi connectivity index (χ2v) is 4.74. The van der Waals surface area contributed by atoms with Crippen molar-refractivity contribution in [3.05, 3.63) is 33.8 Å². The monoisotopic (exact) mass is 314 g/mol. The van der Waals surface area contributed by atoms with E-state index in [1.807, 2.05) is 6.07 Å². The van der Waals surface area contributed by atoms with Gasteiger partial charge in [0.1, 0.15) is 0 Å². The Hall–Kier alpha value is -0.910. The molecule has 0 radical (unpaired) electrons. The van der Waals surface area contributed by atoms with Gasteiger partial charge in [-0.25, -0.2) is 4.79 Å². The summed E-state index contributed by atoms with van der Waals surface area (Å²) in [4.78, 5) is 11.7. The van der Waals surface area contributed by atoms with E-state index in [1.54, 1.807) is 19.1 Å². The lowest BCUT2D eigenvalue weighted by molar-refractivity contribution is -0.183. The molecule has 0 aromatic heterocycles. The first-order valence-electron chi connectivity index (χ1n) is 5.92. The molecule has 1 saturated heterocycles. The van der Waals surface area contributed by atoms with Crippen LogP contribution in [0.15, 0.2) is 22.7 Å². The molecular formula is C13H15BrO4. The third-order valence-electron chi connectivity index (χ3n) is 2.59. The average Bonchev–Trinajstić information content (AvgIpc) is 2.40. The van der Waals surface area contributed by atoms with Crippen molar-refractivity contribution >= 4 is 21.9 Å². The summed E-state index contributed by atoms with van der Waals surface area (Å²) in [5.74, 6) is -0.331. The van der Waals surface area contributed by atoms with Crippen LogP contribution in [-0.2, 0) is 14.2 Å². The highest BCUT2D eigenvalue weighted by Gasteiger charge is 2.21. The van der Waals surface area contributed by atoms with E-state index in [0.717, 1.165) is 16.5 Å². The van der Waals surface area contributed by atoms with Crippen LogP contribution in [0.1, 0.15) is 35.6 Å². The van der Waals surface area contributed by atoms with Crippen LogP contribution in [0.5, 0.6) is 0 Å². The number of hydrogen-bond acceptors (Lipinski definition) is 4. The number of rotatable bonds is 3. The molecule has 1 aliphatic rings. The number of benzene rings is 1. The Morgan fingerprint density at radius 1 is 1.44 bits per heavy atom. The molecule has 1 aliphatic heterocycles. The minimum absolute atomic E-state index is 0.331. The second kappa shape index (κ2) is 6.31. The summed E-state index contributed by atoms with van der Waals surface area (Å²) in [6.07, 6.45) is 0.480. The number of hydrogen-bond donors (Lipinski definition) is 0. The molecule has 0 atom stereocenters. The maximum Gasteiger partial charge on any atom is 0.338 e. The van der Waals surface area contributed by atoms with Gasteiger partial charge in [-0.05, 0) is 31.5 Å². The van der Waals surface area contributed by atoms with Crippen molar-refractivity contribution in [1.82, 2.24) is 0 Å². The molecule has 1 aromatic rings. The molecule has 4 nitrogen and oxygen atoms in total. The fraction of sp³-hybridized carbons (Fsp3) is 0.462. The fourth-order valence-electron chi connectivity index (χ4n) is 1.73. The van der Waals surface area contributed by atoms with Gasteiger partial charge in [0.25, 0.3) is 0 Å². The molecule has 0 amide bonds. The first kappa shape index (κ1) is 13.5. The predicted molar refractivity (Wildman–Crippen MR) is 69.4 cm³/mol. The third-order valence-corrected chi connectivity index (χ3v) is 3.31. The fourth-order valence-corrected chi connectivity index (χ4v) is 2.17. The van der Waals surface area contributed by atoms with E-state index in [2.05, 4.69) is 15.9 Å². The maximum atomic E-state index is 11.7. The van der Waals surface area contributed by atoms with Gasteiger partial charge in [-0.2, -0.15) is 0 Å². The van der Waals surface area contributed by atoms with Crippen molar-refractivity contribution in [3.8, 4) is 0 Å². The largest absolute Gasteiger partial charge is 0.462 e. The molecule has 18 heavy (non-hydrogen) atoms. The van der Waals surface area contributed by atoms with Gasteiger partial charge in [0.05, 0.1) is 25.4 Å². The lowest BCUT2D eigenvalue weighted by Crippen LogP contribution is -2.18. The van der Waals surface area contributed by atoms with Crippen molar-refractivity contribution < 1.29 is 19.0 Å². The van der Waals surface area contributed by atoms with Gasteiger partial charge < -0.3 is 14.2 Å². The van der Waals surface area contributed by atoms with E-state index in [9.17, 15) is 4.79 Å². The lowest BCUT2D eigenvalue weighted by atomic mass is 10.1. The van der Waals surface area contributed by atoms with Gasteiger partial charge in [0.2, 0.25) is 0 Å². The molecule has 5 heteroatoms. The highest BCUT2D eigenvalue weighted by molar-refractivity contribution is 9.10. The molecule has 0 bridgehead atoms. The summed E-state index contributed by atoms with van der Waals surface area (Å²) in [5, 5.41) is 0. The molecule has 0 saturated carbocycles. The standard InChI is InChI=1S/C13H15BrO4/c1-2-16-12(15)9-4-5-11(14)10(8-9)13-17-6-3-7-18-13/h4-5,8,13H,2-3,6-7H2,1H3. The summed E-state index contributed by atoms with van der Waals surface area (Å²) in [7, 11) is 0. The Bertz CT molecular complexity index is 427. The topological polar surface area (TPSA) is 44.8 Å². The number of carbonyl (C=O) groups excluding carboxylic acids is 1. The summed E-state index contributed by atoms with van der Waals surface area (Å²) in [5.41, 5.74) is 1.33. The van der Waals surface area contributed by atoms with Crippen LogP contribution in [0, 0.1) is 0 Å². The van der Waals surface area contributed by atoms with Crippen LogP contribution in [0.4, 0.5) is 0 Å². The van der Waals surface area contributed by atoms with Crippen molar-refractivity contribution in [2.24, 2.45) is 0 Å². The summed E-state index contributed by atoms with van der Waals surface area (Å²) in [6.45, 7) is 3.48. The van der Waals surface area contributed by atoms with E-state index < -0.39 is 6.29 Å². The number of carbonyl (C=O) groups is 1. The van der Waals surface area contributed by atoms with E-state index >= 15 is 0 Å². The quantitative estimate of drug-likeness (QED) is 0.804. The Balaban J connectivity index is 2.23. The number of ether oxygens (including phenoxy) is 3. The zero-order valence-corrected chi connectivity index (χ0v) is 11.7. The van der Waals surface area contributed by atoms with Gasteiger partial charge >= 0.3 is 5.97 Å². The minimum Gasteiger partial charge on any atom is -0.462 e. The molecule has 2 rings (SSSR count). The van der Waals surface area contributed by atoms with Crippen molar-refractivity contribution in [3.63, 3.8) is 0 Å². The maximum absolute atomic E-state index is 11.7. The summed E-state index contributed by atoms with van der Waals surface area (Å²) < 4.78 is 16.9. The van der Waals surface area contributed by atoms with Crippen molar-refractivity contribution in [2.75, 3.05) is 19.8 Å².